The van der Waals surface area contributed by atoms with Gasteiger partial charge >= 0.3 is 0 Å². The van der Waals surface area contributed by atoms with Crippen LogP contribution in [0.4, 0.5) is 0 Å². The molecule has 0 spiro atoms. The maximum atomic E-state index is 11.9. The third kappa shape index (κ3) is 4.06. The highest BCUT2D eigenvalue weighted by molar-refractivity contribution is 5.21. The van der Waals surface area contributed by atoms with E-state index < -0.39 is 0 Å². The van der Waals surface area contributed by atoms with Crippen molar-refractivity contribution in [3.63, 3.8) is 0 Å². The van der Waals surface area contributed by atoms with E-state index >= 15 is 0 Å². The lowest BCUT2D eigenvalue weighted by Gasteiger charge is -2.34. The second-order valence-electron chi connectivity index (χ2n) is 6.76. The molecule has 1 unspecified atom stereocenters. The van der Waals surface area contributed by atoms with Crippen molar-refractivity contribution in [2.45, 2.75) is 51.7 Å². The number of rotatable bonds is 5. The van der Waals surface area contributed by atoms with E-state index in [0.717, 1.165) is 31.7 Å². The molecule has 4 nitrogen and oxygen atoms in total. The average Bonchev–Trinajstić information content (AvgIpc) is 2.59. The predicted octanol–water partition coefficient (Wildman–Crippen LogP) is 3.17. The summed E-state index contributed by atoms with van der Waals surface area (Å²) in [7, 11) is 0. The van der Waals surface area contributed by atoms with E-state index in [-0.39, 0.29) is 11.2 Å². The smallest absolute Gasteiger partial charge is 0.223 e. The predicted molar refractivity (Wildman–Crippen MR) is 96.2 cm³/mol. The van der Waals surface area contributed by atoms with Gasteiger partial charge in [0.15, 0.2) is 5.75 Å². The molecule has 2 heterocycles. The maximum absolute atomic E-state index is 11.9. The van der Waals surface area contributed by atoms with Crippen LogP contribution in [0.15, 0.2) is 47.4 Å². The van der Waals surface area contributed by atoms with Gasteiger partial charge in [0.05, 0.1) is 6.20 Å². The highest BCUT2D eigenvalue weighted by Crippen LogP contribution is 2.19. The molecule has 1 aliphatic heterocycles. The summed E-state index contributed by atoms with van der Waals surface area (Å²) in [6.07, 6.45) is 6.19. The first-order chi connectivity index (χ1) is 11.6. The van der Waals surface area contributed by atoms with Crippen molar-refractivity contribution in [2.75, 3.05) is 6.54 Å². The first kappa shape index (κ1) is 16.8. The monoisotopic (exact) mass is 326 g/mol. The lowest BCUT2D eigenvalue weighted by atomic mass is 10.0. The quantitative estimate of drug-likeness (QED) is 0.918. The van der Waals surface area contributed by atoms with Gasteiger partial charge in [-0.2, -0.15) is 0 Å². The first-order valence-electron chi connectivity index (χ1n) is 8.84. The van der Waals surface area contributed by atoms with Crippen LogP contribution < -0.4 is 5.43 Å². The largest absolute Gasteiger partial charge is 0.503 e. The van der Waals surface area contributed by atoms with Gasteiger partial charge in [-0.25, -0.2) is 0 Å². The van der Waals surface area contributed by atoms with Crippen LogP contribution in [0.2, 0.25) is 0 Å². The van der Waals surface area contributed by atoms with Crippen LogP contribution in [0.1, 0.15) is 37.4 Å². The Bertz CT molecular complexity index is 724. The Kier molecular flexibility index (Phi) is 5.36. The molecule has 1 atom stereocenters. The van der Waals surface area contributed by atoms with Crippen LogP contribution in [0.5, 0.6) is 5.75 Å². The van der Waals surface area contributed by atoms with Crippen LogP contribution in [0, 0.1) is 0 Å². The lowest BCUT2D eigenvalue weighted by molar-refractivity contribution is 0.148. The van der Waals surface area contributed by atoms with Gasteiger partial charge in [-0.1, -0.05) is 36.8 Å². The molecule has 1 aromatic heterocycles. The fourth-order valence-corrected chi connectivity index (χ4v) is 3.44. The molecule has 24 heavy (non-hydrogen) atoms. The third-order valence-electron chi connectivity index (χ3n) is 4.99. The van der Waals surface area contributed by atoms with Crippen LogP contribution in [0.3, 0.4) is 0 Å². The number of aromatic nitrogens is 1. The number of nitrogens with zero attached hydrogens (tertiary/aromatic N) is 2. The van der Waals surface area contributed by atoms with Crippen molar-refractivity contribution in [1.29, 1.82) is 0 Å². The molecule has 1 saturated heterocycles. The summed E-state index contributed by atoms with van der Waals surface area (Å²) in [5.41, 5.74) is 1.96. The molecule has 0 amide bonds. The Balaban J connectivity index is 1.79. The molecule has 1 aromatic carbocycles. The van der Waals surface area contributed by atoms with Crippen molar-refractivity contribution >= 4 is 0 Å². The Labute approximate surface area is 143 Å². The van der Waals surface area contributed by atoms with Crippen LogP contribution >= 0.6 is 0 Å². The van der Waals surface area contributed by atoms with E-state index in [4.69, 9.17) is 0 Å². The van der Waals surface area contributed by atoms with E-state index in [0.29, 0.717) is 6.04 Å². The maximum Gasteiger partial charge on any atom is 0.223 e. The number of pyridine rings is 1. The molecule has 2 aromatic rings. The second-order valence-corrected chi connectivity index (χ2v) is 6.76. The number of hydrogen-bond donors (Lipinski definition) is 1. The van der Waals surface area contributed by atoms with Gasteiger partial charge in [0, 0.05) is 30.9 Å². The summed E-state index contributed by atoms with van der Waals surface area (Å²) in [5.74, 6) is -0.168. The van der Waals surface area contributed by atoms with Gasteiger partial charge in [-0.15, -0.1) is 0 Å². The molecule has 3 rings (SSSR count). The fraction of sp³-hybridized carbons (Fsp3) is 0.450. The van der Waals surface area contributed by atoms with Gasteiger partial charge in [0.2, 0.25) is 5.43 Å². The van der Waals surface area contributed by atoms with Crippen molar-refractivity contribution < 1.29 is 5.11 Å². The summed E-state index contributed by atoms with van der Waals surface area (Å²) in [6, 6.07) is 12.4. The summed E-state index contributed by atoms with van der Waals surface area (Å²) in [6.45, 7) is 4.86. The number of piperidine rings is 1. The highest BCUT2D eigenvalue weighted by atomic mass is 16.3. The SMILES string of the molecule is CC1CCCCN1Cc1cc(=O)c(O)cn1CCc1ccccc1. The minimum atomic E-state index is -0.286. The van der Waals surface area contributed by atoms with Gasteiger partial charge < -0.3 is 9.67 Å². The first-order valence-corrected chi connectivity index (χ1v) is 8.84. The average molecular weight is 326 g/mol. The fourth-order valence-electron chi connectivity index (χ4n) is 3.44. The van der Waals surface area contributed by atoms with Crippen molar-refractivity contribution in [1.82, 2.24) is 9.47 Å². The molecule has 128 valence electrons. The summed E-state index contributed by atoms with van der Waals surface area (Å²) in [4.78, 5) is 14.3. The molecular weight excluding hydrogens is 300 g/mol. The molecule has 1 N–H and O–H groups in total. The Hall–Kier alpha value is -2.07. The number of aromatic hydroxyl groups is 1. The van der Waals surface area contributed by atoms with Crippen molar-refractivity contribution in [3.8, 4) is 5.75 Å². The molecule has 0 saturated carbocycles. The summed E-state index contributed by atoms with van der Waals surface area (Å²) in [5, 5.41) is 9.83. The molecule has 0 aliphatic carbocycles. The number of benzene rings is 1. The Morgan fingerprint density at radius 1 is 1.21 bits per heavy atom. The lowest BCUT2D eigenvalue weighted by Crippen LogP contribution is -2.37. The van der Waals surface area contributed by atoms with E-state index in [1.54, 1.807) is 12.3 Å². The highest BCUT2D eigenvalue weighted by Gasteiger charge is 2.19. The number of aryl methyl sites for hydroxylation is 2. The topological polar surface area (TPSA) is 45.5 Å². The zero-order valence-corrected chi connectivity index (χ0v) is 14.3. The van der Waals surface area contributed by atoms with E-state index in [1.165, 1.54) is 24.8 Å². The second kappa shape index (κ2) is 7.67. The molecule has 4 heteroatoms. The Morgan fingerprint density at radius 2 is 2.00 bits per heavy atom. The third-order valence-corrected chi connectivity index (χ3v) is 4.99. The van der Waals surface area contributed by atoms with Gasteiger partial charge in [-0.3, -0.25) is 9.69 Å². The van der Waals surface area contributed by atoms with E-state index in [1.807, 2.05) is 22.8 Å². The molecule has 0 bridgehead atoms. The number of hydrogen-bond acceptors (Lipinski definition) is 3. The summed E-state index contributed by atoms with van der Waals surface area (Å²) >= 11 is 0. The van der Waals surface area contributed by atoms with Gasteiger partial charge in [0.25, 0.3) is 0 Å². The Morgan fingerprint density at radius 3 is 2.75 bits per heavy atom. The zero-order valence-electron chi connectivity index (χ0n) is 14.3. The van der Waals surface area contributed by atoms with Crippen molar-refractivity contribution in [2.24, 2.45) is 0 Å². The standard InChI is InChI=1S/C20H26N2O2/c1-16-7-5-6-11-21(16)14-18-13-19(23)20(24)15-22(18)12-10-17-8-3-2-4-9-17/h2-4,8-9,13,15-16,24H,5-7,10-12,14H2,1H3. The zero-order chi connectivity index (χ0) is 16.9. The molecule has 0 radical (unpaired) electrons. The van der Waals surface area contributed by atoms with Crippen LogP contribution in [-0.2, 0) is 19.5 Å². The summed E-state index contributed by atoms with van der Waals surface area (Å²) < 4.78 is 2.03. The molecule has 1 fully saturated rings. The van der Waals surface area contributed by atoms with Crippen molar-refractivity contribution in [3.05, 3.63) is 64.1 Å². The van der Waals surface area contributed by atoms with E-state index in [9.17, 15) is 9.90 Å². The van der Waals surface area contributed by atoms with Gasteiger partial charge in [-0.05, 0) is 38.3 Å². The van der Waals surface area contributed by atoms with E-state index in [2.05, 4.69) is 24.0 Å². The van der Waals surface area contributed by atoms with Crippen LogP contribution in [0.25, 0.3) is 0 Å². The minimum Gasteiger partial charge on any atom is -0.503 e. The van der Waals surface area contributed by atoms with Gasteiger partial charge in [0.1, 0.15) is 0 Å². The molecular formula is C20H26N2O2. The minimum absolute atomic E-state index is 0.168. The molecule has 1 aliphatic rings. The van der Waals surface area contributed by atoms with Crippen LogP contribution in [-0.4, -0.2) is 27.2 Å². The normalized spacial score (nSPS) is 18.6. The number of likely N-dealkylation sites (tertiary alicyclic amines) is 1.